The van der Waals surface area contributed by atoms with Crippen LogP contribution in [0.2, 0.25) is 0 Å². The number of hydrogen-bond acceptors (Lipinski definition) is 6. The third-order valence-electron chi connectivity index (χ3n) is 2.56. The number of hydrogen-bond donors (Lipinski definition) is 2. The van der Waals surface area contributed by atoms with Crippen molar-refractivity contribution in [2.45, 2.75) is 18.4 Å². The molecule has 0 unspecified atom stereocenters. The van der Waals surface area contributed by atoms with E-state index in [1.807, 2.05) is 6.92 Å². The molecule has 0 radical (unpaired) electrons. The fourth-order valence-electron chi connectivity index (χ4n) is 1.68. The van der Waals surface area contributed by atoms with Crippen LogP contribution in [0.15, 0.2) is 29.3 Å². The second-order valence-corrected chi connectivity index (χ2v) is 7.51. The number of aromatic nitrogens is 1. The molecular formula is C12H15N3O2S2. The average Bonchev–Trinajstić information content (AvgIpc) is 2.72. The van der Waals surface area contributed by atoms with Crippen LogP contribution in [-0.2, 0) is 16.4 Å². The minimum absolute atomic E-state index is 0.146. The fraction of sp³-hybridized carbons (Fsp3) is 0.250. The zero-order chi connectivity index (χ0) is 14.0. The Bertz CT molecular complexity index is 693. The lowest BCUT2D eigenvalue weighted by Crippen LogP contribution is -2.07. The van der Waals surface area contributed by atoms with E-state index in [0.29, 0.717) is 12.2 Å². The molecule has 0 aliphatic carbocycles. The second-order valence-electron chi connectivity index (χ2n) is 4.21. The minimum Gasteiger partial charge on any atom is -0.396 e. The molecule has 0 amide bonds. The van der Waals surface area contributed by atoms with Crippen molar-refractivity contribution in [3.05, 3.63) is 34.3 Å². The molecule has 5 nitrogen and oxygen atoms in total. The Morgan fingerprint density at radius 2 is 2.16 bits per heavy atom. The van der Waals surface area contributed by atoms with Crippen molar-refractivity contribution in [2.24, 2.45) is 0 Å². The monoisotopic (exact) mass is 297 g/mol. The Morgan fingerprint density at radius 1 is 1.42 bits per heavy atom. The molecule has 7 heteroatoms. The van der Waals surface area contributed by atoms with Gasteiger partial charge in [0.2, 0.25) is 0 Å². The first kappa shape index (κ1) is 13.8. The standard InChI is InChI=1S/C12H15N3O2S2/c1-8-6-15-11(18-8)7-14-9-4-3-5-10(12(9)13)19(2,16)17/h3-6,14H,7,13H2,1-2H3. The van der Waals surface area contributed by atoms with Crippen LogP contribution >= 0.6 is 11.3 Å². The maximum atomic E-state index is 11.6. The Morgan fingerprint density at radius 3 is 2.74 bits per heavy atom. The van der Waals surface area contributed by atoms with E-state index in [1.165, 1.54) is 6.07 Å². The molecule has 0 atom stereocenters. The van der Waals surface area contributed by atoms with Crippen LogP contribution in [0, 0.1) is 6.92 Å². The summed E-state index contributed by atoms with van der Waals surface area (Å²) in [6.07, 6.45) is 2.95. The van der Waals surface area contributed by atoms with Crippen molar-refractivity contribution in [1.82, 2.24) is 4.98 Å². The molecule has 0 fully saturated rings. The third kappa shape index (κ3) is 3.24. The summed E-state index contributed by atoms with van der Waals surface area (Å²) in [5.41, 5.74) is 6.74. The van der Waals surface area contributed by atoms with Crippen LogP contribution in [0.5, 0.6) is 0 Å². The number of nitrogens with two attached hydrogens (primary N) is 1. The van der Waals surface area contributed by atoms with Crippen molar-refractivity contribution >= 4 is 32.5 Å². The SMILES string of the molecule is Cc1cnc(CNc2cccc(S(C)(=O)=O)c2N)s1. The number of benzene rings is 1. The molecular weight excluding hydrogens is 282 g/mol. The predicted octanol–water partition coefficient (Wildman–Crippen LogP) is 2.05. The maximum absolute atomic E-state index is 11.6. The maximum Gasteiger partial charge on any atom is 0.177 e. The number of thiazole rings is 1. The first-order chi connectivity index (χ1) is 8.88. The van der Waals surface area contributed by atoms with Crippen LogP contribution in [-0.4, -0.2) is 19.7 Å². The third-order valence-corrected chi connectivity index (χ3v) is 4.63. The zero-order valence-corrected chi connectivity index (χ0v) is 12.3. The summed E-state index contributed by atoms with van der Waals surface area (Å²) in [5.74, 6) is 0. The first-order valence-electron chi connectivity index (χ1n) is 5.61. The number of nitrogen functional groups attached to an aromatic ring is 1. The van der Waals surface area contributed by atoms with Gasteiger partial charge >= 0.3 is 0 Å². The number of nitrogens with one attached hydrogen (secondary N) is 1. The lowest BCUT2D eigenvalue weighted by atomic mass is 10.2. The van der Waals surface area contributed by atoms with Crippen molar-refractivity contribution in [1.29, 1.82) is 0 Å². The summed E-state index contributed by atoms with van der Waals surface area (Å²) in [4.78, 5) is 5.51. The van der Waals surface area contributed by atoms with Gasteiger partial charge in [-0.15, -0.1) is 11.3 Å². The van der Waals surface area contributed by atoms with Gasteiger partial charge in [-0.2, -0.15) is 0 Å². The number of nitrogens with zero attached hydrogens (tertiary/aromatic N) is 1. The molecule has 0 saturated carbocycles. The molecule has 1 aromatic heterocycles. The molecule has 0 saturated heterocycles. The second kappa shape index (κ2) is 5.18. The zero-order valence-electron chi connectivity index (χ0n) is 10.7. The van der Waals surface area contributed by atoms with E-state index in [0.717, 1.165) is 16.1 Å². The number of rotatable bonds is 4. The Hall–Kier alpha value is -1.60. The number of para-hydroxylation sites is 1. The highest BCUT2D eigenvalue weighted by atomic mass is 32.2. The van der Waals surface area contributed by atoms with Gasteiger partial charge < -0.3 is 11.1 Å². The van der Waals surface area contributed by atoms with Crippen molar-refractivity contribution in [3.8, 4) is 0 Å². The molecule has 0 spiro atoms. The van der Waals surface area contributed by atoms with Gasteiger partial charge in [0.05, 0.1) is 22.8 Å². The van der Waals surface area contributed by atoms with Gasteiger partial charge in [0.25, 0.3) is 0 Å². The molecule has 1 aromatic carbocycles. The predicted molar refractivity (Wildman–Crippen MR) is 78.1 cm³/mol. The number of sulfone groups is 1. The summed E-state index contributed by atoms with van der Waals surface area (Å²) in [5, 5.41) is 4.05. The molecule has 3 N–H and O–H groups in total. The normalized spacial score (nSPS) is 11.5. The van der Waals surface area contributed by atoms with Crippen LogP contribution in [0.25, 0.3) is 0 Å². The van der Waals surface area contributed by atoms with Gasteiger partial charge in [-0.3, -0.25) is 0 Å². The van der Waals surface area contributed by atoms with Crippen LogP contribution < -0.4 is 11.1 Å². The van der Waals surface area contributed by atoms with Crippen LogP contribution in [0.3, 0.4) is 0 Å². The molecule has 0 bridgehead atoms. The average molecular weight is 297 g/mol. The summed E-state index contributed by atoms with van der Waals surface area (Å²) in [7, 11) is -3.31. The van der Waals surface area contributed by atoms with Gasteiger partial charge in [-0.25, -0.2) is 13.4 Å². The molecule has 2 rings (SSSR count). The van der Waals surface area contributed by atoms with E-state index in [2.05, 4.69) is 10.3 Å². The Balaban J connectivity index is 2.22. The van der Waals surface area contributed by atoms with E-state index in [-0.39, 0.29) is 10.6 Å². The van der Waals surface area contributed by atoms with Crippen LogP contribution in [0.1, 0.15) is 9.88 Å². The van der Waals surface area contributed by atoms with E-state index in [1.54, 1.807) is 29.7 Å². The number of anilines is 2. The Kier molecular flexibility index (Phi) is 3.77. The van der Waals surface area contributed by atoms with Crippen molar-refractivity contribution in [2.75, 3.05) is 17.3 Å². The van der Waals surface area contributed by atoms with E-state index in [4.69, 9.17) is 5.73 Å². The summed E-state index contributed by atoms with van der Waals surface area (Å²) in [6, 6.07) is 4.93. The van der Waals surface area contributed by atoms with E-state index >= 15 is 0 Å². The molecule has 1 heterocycles. The quantitative estimate of drug-likeness (QED) is 0.844. The summed E-state index contributed by atoms with van der Waals surface area (Å²) >= 11 is 1.59. The van der Waals surface area contributed by atoms with Gasteiger partial charge in [-0.05, 0) is 19.1 Å². The van der Waals surface area contributed by atoms with Gasteiger partial charge in [0.1, 0.15) is 5.01 Å². The minimum atomic E-state index is -3.31. The molecule has 19 heavy (non-hydrogen) atoms. The summed E-state index contributed by atoms with van der Waals surface area (Å²) in [6.45, 7) is 2.51. The van der Waals surface area contributed by atoms with E-state index in [9.17, 15) is 8.42 Å². The fourth-order valence-corrected chi connectivity index (χ4v) is 3.24. The largest absolute Gasteiger partial charge is 0.396 e. The number of aryl methyl sites for hydroxylation is 1. The highest BCUT2D eigenvalue weighted by Gasteiger charge is 2.14. The molecule has 102 valence electrons. The summed E-state index contributed by atoms with van der Waals surface area (Å²) < 4.78 is 23.1. The molecule has 0 aliphatic rings. The van der Waals surface area contributed by atoms with Crippen LogP contribution in [0.4, 0.5) is 11.4 Å². The van der Waals surface area contributed by atoms with Crippen molar-refractivity contribution < 1.29 is 8.42 Å². The topological polar surface area (TPSA) is 85.1 Å². The van der Waals surface area contributed by atoms with Crippen molar-refractivity contribution in [3.63, 3.8) is 0 Å². The lowest BCUT2D eigenvalue weighted by molar-refractivity contribution is 0.602. The highest BCUT2D eigenvalue weighted by Crippen LogP contribution is 2.27. The lowest BCUT2D eigenvalue weighted by Gasteiger charge is -2.11. The van der Waals surface area contributed by atoms with Gasteiger partial charge in [0.15, 0.2) is 9.84 Å². The molecule has 0 aliphatic heterocycles. The smallest absolute Gasteiger partial charge is 0.177 e. The first-order valence-corrected chi connectivity index (χ1v) is 8.32. The van der Waals surface area contributed by atoms with E-state index < -0.39 is 9.84 Å². The Labute approximate surface area is 116 Å². The van der Waals surface area contributed by atoms with Gasteiger partial charge in [0, 0.05) is 17.3 Å². The van der Waals surface area contributed by atoms with Gasteiger partial charge in [-0.1, -0.05) is 6.07 Å². The molecule has 2 aromatic rings. The highest BCUT2D eigenvalue weighted by molar-refractivity contribution is 7.90.